The molecule has 1 amide bonds. The minimum atomic E-state index is -0.227. The number of hydrogen-bond acceptors (Lipinski definition) is 4. The first-order valence-corrected chi connectivity index (χ1v) is 6.04. The number of hydrazone groups is 1. The Hall–Kier alpha value is -2.45. The number of thiophene rings is 1. The molecule has 88 valence electrons. The normalized spacial score (nSPS) is 10.2. The van der Waals surface area contributed by atoms with Gasteiger partial charge in [-0.25, -0.2) is 5.43 Å². The summed E-state index contributed by atoms with van der Waals surface area (Å²) in [6.45, 7) is 0. The number of carbonyl (C=O) groups excluding carboxylic acids is 1. The van der Waals surface area contributed by atoms with E-state index in [-0.39, 0.29) is 5.91 Å². The summed E-state index contributed by atoms with van der Waals surface area (Å²) in [5, 5.41) is 14.3. The first-order valence-electron chi connectivity index (χ1n) is 5.16. The summed E-state index contributed by atoms with van der Waals surface area (Å²) in [4.78, 5) is 12.2. The fraction of sp³-hybridized carbons (Fsp3) is 0. The van der Waals surface area contributed by atoms with E-state index < -0.39 is 0 Å². The minimum Gasteiger partial charge on any atom is -0.266 e. The fourth-order valence-corrected chi connectivity index (χ4v) is 1.89. The van der Waals surface area contributed by atoms with Crippen LogP contribution in [0.1, 0.15) is 20.8 Å². The van der Waals surface area contributed by atoms with Crippen molar-refractivity contribution < 1.29 is 4.79 Å². The molecule has 2 aromatic rings. The van der Waals surface area contributed by atoms with Crippen molar-refractivity contribution in [3.8, 4) is 6.07 Å². The van der Waals surface area contributed by atoms with Crippen LogP contribution >= 0.6 is 11.3 Å². The van der Waals surface area contributed by atoms with Gasteiger partial charge in [-0.15, -0.1) is 11.3 Å². The standard InChI is InChI=1S/C13H9N3OS/c14-8-10-3-5-11(6-4-10)9-15-16-13(17)12-2-1-7-18-12/h1-7,9H,(H,16,17)/b15-9+. The molecule has 0 saturated heterocycles. The molecular formula is C13H9N3OS. The van der Waals surface area contributed by atoms with Crippen molar-refractivity contribution in [2.45, 2.75) is 0 Å². The second-order valence-electron chi connectivity index (χ2n) is 3.41. The van der Waals surface area contributed by atoms with Gasteiger partial charge in [0.1, 0.15) is 0 Å². The number of hydrogen-bond donors (Lipinski definition) is 1. The molecule has 1 aromatic heterocycles. The van der Waals surface area contributed by atoms with E-state index >= 15 is 0 Å². The molecule has 0 fully saturated rings. The molecule has 5 heteroatoms. The van der Waals surface area contributed by atoms with Crippen molar-refractivity contribution in [1.82, 2.24) is 5.43 Å². The molecule has 0 aliphatic heterocycles. The summed E-state index contributed by atoms with van der Waals surface area (Å²) >= 11 is 1.36. The molecule has 2 rings (SSSR count). The van der Waals surface area contributed by atoms with Crippen LogP contribution < -0.4 is 5.43 Å². The van der Waals surface area contributed by atoms with Crippen molar-refractivity contribution in [3.05, 3.63) is 57.8 Å². The quantitative estimate of drug-likeness (QED) is 0.676. The molecule has 18 heavy (non-hydrogen) atoms. The number of nitrogens with one attached hydrogen (secondary N) is 1. The molecule has 0 spiro atoms. The molecule has 0 radical (unpaired) electrons. The monoisotopic (exact) mass is 255 g/mol. The lowest BCUT2D eigenvalue weighted by Crippen LogP contribution is -2.16. The predicted molar refractivity (Wildman–Crippen MR) is 70.5 cm³/mol. The Balaban J connectivity index is 1.95. The third-order valence-electron chi connectivity index (χ3n) is 2.16. The van der Waals surface area contributed by atoms with Gasteiger partial charge in [0, 0.05) is 0 Å². The summed E-state index contributed by atoms with van der Waals surface area (Å²) < 4.78 is 0. The zero-order chi connectivity index (χ0) is 12.8. The topological polar surface area (TPSA) is 65.2 Å². The summed E-state index contributed by atoms with van der Waals surface area (Å²) in [6.07, 6.45) is 1.53. The highest BCUT2D eigenvalue weighted by Crippen LogP contribution is 2.07. The molecule has 1 heterocycles. The summed E-state index contributed by atoms with van der Waals surface area (Å²) in [6, 6.07) is 12.5. The van der Waals surface area contributed by atoms with Crippen LogP contribution in [0.3, 0.4) is 0 Å². The van der Waals surface area contributed by atoms with E-state index in [1.807, 2.05) is 17.5 Å². The van der Waals surface area contributed by atoms with E-state index in [0.717, 1.165) is 5.56 Å². The zero-order valence-electron chi connectivity index (χ0n) is 9.33. The van der Waals surface area contributed by atoms with Gasteiger partial charge in [0.05, 0.1) is 22.7 Å². The van der Waals surface area contributed by atoms with Gasteiger partial charge in [-0.1, -0.05) is 18.2 Å². The molecule has 0 saturated carbocycles. The van der Waals surface area contributed by atoms with Gasteiger partial charge in [-0.3, -0.25) is 4.79 Å². The highest BCUT2D eigenvalue weighted by atomic mass is 32.1. The lowest BCUT2D eigenvalue weighted by atomic mass is 10.2. The number of nitriles is 1. The Bertz CT molecular complexity index is 594. The van der Waals surface area contributed by atoms with Gasteiger partial charge in [0.25, 0.3) is 5.91 Å². The average Bonchev–Trinajstić information content (AvgIpc) is 2.93. The Morgan fingerprint density at radius 2 is 2.11 bits per heavy atom. The largest absolute Gasteiger partial charge is 0.281 e. The smallest absolute Gasteiger partial charge is 0.266 e. The first-order chi connectivity index (χ1) is 8.79. The maximum Gasteiger partial charge on any atom is 0.281 e. The highest BCUT2D eigenvalue weighted by molar-refractivity contribution is 7.12. The van der Waals surface area contributed by atoms with E-state index in [1.54, 1.807) is 30.3 Å². The number of nitrogens with zero attached hydrogens (tertiary/aromatic N) is 2. The predicted octanol–water partition coefficient (Wildman–Crippen LogP) is 2.38. The molecule has 1 aromatic carbocycles. The Morgan fingerprint density at radius 1 is 1.33 bits per heavy atom. The molecule has 0 unspecified atom stereocenters. The third kappa shape index (κ3) is 3.03. The van der Waals surface area contributed by atoms with Crippen LogP contribution in [0.4, 0.5) is 0 Å². The maximum absolute atomic E-state index is 11.5. The second kappa shape index (κ2) is 5.75. The van der Waals surface area contributed by atoms with Gasteiger partial charge in [0.2, 0.25) is 0 Å². The number of rotatable bonds is 3. The van der Waals surface area contributed by atoms with Crippen molar-refractivity contribution in [3.63, 3.8) is 0 Å². The third-order valence-corrected chi connectivity index (χ3v) is 3.03. The molecule has 0 bridgehead atoms. The number of benzene rings is 1. The zero-order valence-corrected chi connectivity index (χ0v) is 10.1. The SMILES string of the molecule is N#Cc1ccc(/C=N/NC(=O)c2cccs2)cc1. The average molecular weight is 255 g/mol. The van der Waals surface area contributed by atoms with E-state index in [4.69, 9.17) is 5.26 Å². The Kier molecular flexibility index (Phi) is 3.84. The summed E-state index contributed by atoms with van der Waals surface area (Å²) in [5.41, 5.74) is 3.85. The van der Waals surface area contributed by atoms with Crippen LogP contribution in [0.15, 0.2) is 46.9 Å². The van der Waals surface area contributed by atoms with Gasteiger partial charge in [-0.2, -0.15) is 10.4 Å². The van der Waals surface area contributed by atoms with Gasteiger partial charge < -0.3 is 0 Å². The van der Waals surface area contributed by atoms with Crippen molar-refractivity contribution in [2.24, 2.45) is 5.10 Å². The molecule has 0 aliphatic rings. The van der Waals surface area contributed by atoms with Gasteiger partial charge in [0.15, 0.2) is 0 Å². The van der Waals surface area contributed by atoms with Crippen LogP contribution in [0, 0.1) is 11.3 Å². The van der Waals surface area contributed by atoms with E-state index in [1.165, 1.54) is 17.6 Å². The summed E-state index contributed by atoms with van der Waals surface area (Å²) in [5.74, 6) is -0.227. The van der Waals surface area contributed by atoms with Crippen LogP contribution in [0.5, 0.6) is 0 Å². The lowest BCUT2D eigenvalue weighted by Gasteiger charge is -1.96. The highest BCUT2D eigenvalue weighted by Gasteiger charge is 2.03. The van der Waals surface area contributed by atoms with Crippen molar-refractivity contribution in [2.75, 3.05) is 0 Å². The lowest BCUT2D eigenvalue weighted by molar-refractivity contribution is 0.0959. The van der Waals surface area contributed by atoms with Crippen LogP contribution in [-0.4, -0.2) is 12.1 Å². The first kappa shape index (κ1) is 12.0. The van der Waals surface area contributed by atoms with Crippen LogP contribution in [0.2, 0.25) is 0 Å². The molecule has 1 N–H and O–H groups in total. The maximum atomic E-state index is 11.5. The molecule has 0 atom stereocenters. The van der Waals surface area contributed by atoms with Crippen LogP contribution in [-0.2, 0) is 0 Å². The van der Waals surface area contributed by atoms with Gasteiger partial charge >= 0.3 is 0 Å². The summed E-state index contributed by atoms with van der Waals surface area (Å²) in [7, 11) is 0. The fourth-order valence-electron chi connectivity index (χ4n) is 1.27. The molecular weight excluding hydrogens is 246 g/mol. The minimum absolute atomic E-state index is 0.227. The number of amides is 1. The van der Waals surface area contributed by atoms with E-state index in [9.17, 15) is 4.79 Å². The van der Waals surface area contributed by atoms with Crippen LogP contribution in [0.25, 0.3) is 0 Å². The van der Waals surface area contributed by atoms with E-state index in [0.29, 0.717) is 10.4 Å². The second-order valence-corrected chi connectivity index (χ2v) is 4.36. The van der Waals surface area contributed by atoms with Crippen molar-refractivity contribution >= 4 is 23.5 Å². The number of carbonyl (C=O) groups is 1. The van der Waals surface area contributed by atoms with E-state index in [2.05, 4.69) is 10.5 Å². The molecule has 4 nitrogen and oxygen atoms in total. The Labute approximate surface area is 108 Å². The van der Waals surface area contributed by atoms with Gasteiger partial charge in [-0.05, 0) is 29.1 Å². The Morgan fingerprint density at radius 3 is 2.72 bits per heavy atom. The molecule has 0 aliphatic carbocycles. The van der Waals surface area contributed by atoms with Crippen molar-refractivity contribution in [1.29, 1.82) is 5.26 Å².